The third-order valence-corrected chi connectivity index (χ3v) is 3.31. The van der Waals surface area contributed by atoms with E-state index in [1.807, 2.05) is 0 Å². The Labute approximate surface area is 87.4 Å². The van der Waals surface area contributed by atoms with Gasteiger partial charge in [-0.3, -0.25) is 0 Å². The van der Waals surface area contributed by atoms with E-state index in [9.17, 15) is 4.39 Å². The van der Waals surface area contributed by atoms with Crippen molar-refractivity contribution >= 4 is 5.69 Å². The summed E-state index contributed by atoms with van der Waals surface area (Å²) < 4.78 is 18.9. The highest BCUT2D eigenvalue weighted by Crippen LogP contribution is 2.52. The summed E-state index contributed by atoms with van der Waals surface area (Å²) in [5.74, 6) is 1.28. The third kappa shape index (κ3) is 1.64. The van der Waals surface area contributed by atoms with Crippen molar-refractivity contribution in [2.75, 3.05) is 5.73 Å². The lowest BCUT2D eigenvalue weighted by Gasteiger charge is -2.14. The largest absolute Gasteiger partial charge is 0.472 e. The van der Waals surface area contributed by atoms with Crippen molar-refractivity contribution in [3.05, 3.63) is 18.1 Å². The van der Waals surface area contributed by atoms with Crippen molar-refractivity contribution in [2.24, 2.45) is 11.8 Å². The Hall–Kier alpha value is -1.32. The van der Waals surface area contributed by atoms with Crippen LogP contribution in [0.15, 0.2) is 12.3 Å². The highest BCUT2D eigenvalue weighted by atomic mass is 19.1. The van der Waals surface area contributed by atoms with Gasteiger partial charge >= 0.3 is 0 Å². The number of halogens is 1. The molecule has 2 unspecified atom stereocenters. The molecule has 0 spiro atoms. The molecule has 3 nitrogen and oxygen atoms in total. The minimum atomic E-state index is -0.462. The number of nitrogen functional groups attached to an aromatic ring is 1. The fourth-order valence-electron chi connectivity index (χ4n) is 2.44. The number of nitrogens with two attached hydrogens (primary N) is 1. The number of anilines is 1. The second-order valence-corrected chi connectivity index (χ2v) is 4.52. The Morgan fingerprint density at radius 3 is 2.73 bits per heavy atom. The smallest absolute Gasteiger partial charge is 0.250 e. The van der Waals surface area contributed by atoms with Crippen LogP contribution in [0.3, 0.4) is 0 Å². The van der Waals surface area contributed by atoms with Crippen LogP contribution >= 0.6 is 0 Å². The third-order valence-electron chi connectivity index (χ3n) is 3.31. The summed E-state index contributed by atoms with van der Waals surface area (Å²) in [6, 6.07) is 1.25. The minimum absolute atomic E-state index is 0.0931. The quantitative estimate of drug-likeness (QED) is 0.808. The first-order chi connectivity index (χ1) is 7.22. The molecule has 3 rings (SSSR count). The number of nitrogens with zero attached hydrogens (tertiary/aromatic N) is 1. The van der Waals surface area contributed by atoms with E-state index < -0.39 is 5.82 Å². The van der Waals surface area contributed by atoms with Gasteiger partial charge in [0.05, 0.1) is 11.9 Å². The Morgan fingerprint density at radius 1 is 1.33 bits per heavy atom. The van der Waals surface area contributed by atoms with E-state index >= 15 is 0 Å². The maximum Gasteiger partial charge on any atom is 0.250 e. The molecule has 0 bridgehead atoms. The van der Waals surface area contributed by atoms with Crippen LogP contribution < -0.4 is 10.5 Å². The van der Waals surface area contributed by atoms with Gasteiger partial charge in [-0.2, -0.15) is 0 Å². The van der Waals surface area contributed by atoms with Crippen LogP contribution in [0, 0.1) is 17.7 Å². The molecule has 0 amide bonds. The number of hydrogen-bond donors (Lipinski definition) is 1. The summed E-state index contributed by atoms with van der Waals surface area (Å²) in [6.45, 7) is 0. The molecule has 0 aliphatic heterocycles. The van der Waals surface area contributed by atoms with Gasteiger partial charge in [0.1, 0.15) is 6.10 Å². The van der Waals surface area contributed by atoms with Crippen LogP contribution in [-0.2, 0) is 0 Å². The van der Waals surface area contributed by atoms with Crippen LogP contribution in [0.25, 0.3) is 0 Å². The average Bonchev–Trinajstić information content (AvgIpc) is 2.79. The minimum Gasteiger partial charge on any atom is -0.472 e. The predicted octanol–water partition coefficient (Wildman–Crippen LogP) is 1.98. The zero-order chi connectivity index (χ0) is 10.4. The van der Waals surface area contributed by atoms with E-state index in [1.54, 1.807) is 0 Å². The van der Waals surface area contributed by atoms with E-state index in [0.29, 0.717) is 5.69 Å². The van der Waals surface area contributed by atoms with Crippen LogP contribution in [0.1, 0.15) is 19.3 Å². The Morgan fingerprint density at radius 2 is 2.07 bits per heavy atom. The van der Waals surface area contributed by atoms with Gasteiger partial charge in [-0.25, -0.2) is 9.37 Å². The number of fused-ring (bicyclic) bond motifs is 1. The highest BCUT2D eigenvalue weighted by molar-refractivity contribution is 5.37. The van der Waals surface area contributed by atoms with Crippen molar-refractivity contribution in [1.82, 2.24) is 4.98 Å². The van der Waals surface area contributed by atoms with Gasteiger partial charge in [-0.1, -0.05) is 0 Å². The zero-order valence-electron chi connectivity index (χ0n) is 8.32. The molecule has 2 aliphatic carbocycles. The molecule has 2 aliphatic rings. The van der Waals surface area contributed by atoms with Crippen molar-refractivity contribution in [3.63, 3.8) is 0 Å². The second-order valence-electron chi connectivity index (χ2n) is 4.52. The molecular formula is C11H13FN2O. The maximum atomic E-state index is 13.3. The second kappa shape index (κ2) is 3.08. The van der Waals surface area contributed by atoms with Gasteiger partial charge in [0, 0.05) is 6.07 Å². The summed E-state index contributed by atoms with van der Waals surface area (Å²) in [4.78, 5) is 3.86. The molecule has 0 radical (unpaired) electrons. The summed E-state index contributed by atoms with van der Waals surface area (Å²) >= 11 is 0. The van der Waals surface area contributed by atoms with Crippen molar-refractivity contribution < 1.29 is 9.13 Å². The van der Waals surface area contributed by atoms with Gasteiger partial charge in [0.25, 0.3) is 5.88 Å². The number of pyridine rings is 1. The number of hydrogen-bond acceptors (Lipinski definition) is 3. The molecule has 2 N–H and O–H groups in total. The van der Waals surface area contributed by atoms with Gasteiger partial charge in [-0.15, -0.1) is 0 Å². The van der Waals surface area contributed by atoms with E-state index in [2.05, 4.69) is 4.98 Å². The molecule has 1 heterocycles. The Bertz CT molecular complexity index is 386. The first-order valence-corrected chi connectivity index (χ1v) is 5.30. The Kier molecular flexibility index (Phi) is 1.84. The van der Waals surface area contributed by atoms with Crippen molar-refractivity contribution in [3.8, 4) is 5.88 Å². The molecule has 80 valence electrons. The van der Waals surface area contributed by atoms with Gasteiger partial charge in [0.2, 0.25) is 0 Å². The zero-order valence-corrected chi connectivity index (χ0v) is 8.32. The number of ether oxygens (including phenoxy) is 1. The molecule has 15 heavy (non-hydrogen) atoms. The fraction of sp³-hybridized carbons (Fsp3) is 0.545. The molecule has 2 fully saturated rings. The molecule has 0 aromatic carbocycles. The highest BCUT2D eigenvalue weighted by Gasteiger charge is 2.47. The molecule has 2 saturated carbocycles. The molecule has 3 atom stereocenters. The normalized spacial score (nSPS) is 32.5. The van der Waals surface area contributed by atoms with Gasteiger partial charge in [-0.05, 0) is 31.1 Å². The average molecular weight is 208 g/mol. The predicted molar refractivity (Wildman–Crippen MR) is 53.9 cm³/mol. The van der Waals surface area contributed by atoms with Crippen molar-refractivity contribution in [2.45, 2.75) is 25.4 Å². The van der Waals surface area contributed by atoms with Crippen LogP contribution in [-0.4, -0.2) is 11.1 Å². The summed E-state index contributed by atoms with van der Waals surface area (Å²) in [6.07, 6.45) is 5.01. The lowest BCUT2D eigenvalue weighted by atomic mass is 10.2. The summed E-state index contributed by atoms with van der Waals surface area (Å²) in [5.41, 5.74) is 5.73. The number of aromatic nitrogens is 1. The van der Waals surface area contributed by atoms with Crippen LogP contribution in [0.2, 0.25) is 0 Å². The van der Waals surface area contributed by atoms with E-state index in [0.717, 1.165) is 24.7 Å². The summed E-state index contributed by atoms with van der Waals surface area (Å²) in [5, 5.41) is 0. The topological polar surface area (TPSA) is 48.1 Å². The maximum absolute atomic E-state index is 13.3. The molecule has 1 aromatic rings. The standard InChI is InChI=1S/C11H13FN2O/c12-10-4-8(13)5-14-11(10)15-9-2-6-1-7(6)3-9/h4-7,9H,1-3,13H2/t6-,7?,9?/m0/s1. The molecule has 1 aromatic heterocycles. The molecular weight excluding hydrogens is 195 g/mol. The Balaban J connectivity index is 1.71. The van der Waals surface area contributed by atoms with Crippen molar-refractivity contribution in [1.29, 1.82) is 0 Å². The first-order valence-electron chi connectivity index (χ1n) is 5.30. The molecule has 0 saturated heterocycles. The lowest BCUT2D eigenvalue weighted by Crippen LogP contribution is -2.15. The first kappa shape index (κ1) is 8.95. The van der Waals surface area contributed by atoms with Crippen LogP contribution in [0.5, 0.6) is 5.88 Å². The van der Waals surface area contributed by atoms with Crippen LogP contribution in [0.4, 0.5) is 10.1 Å². The SMILES string of the molecule is Nc1cnc(OC2CC3C[C@H]3C2)c(F)c1. The molecule has 4 heteroatoms. The number of rotatable bonds is 2. The monoisotopic (exact) mass is 208 g/mol. The summed E-state index contributed by atoms with van der Waals surface area (Å²) in [7, 11) is 0. The van der Waals surface area contributed by atoms with Gasteiger partial charge < -0.3 is 10.5 Å². The van der Waals surface area contributed by atoms with E-state index in [4.69, 9.17) is 10.5 Å². The fourth-order valence-corrected chi connectivity index (χ4v) is 2.44. The van der Waals surface area contributed by atoms with E-state index in [1.165, 1.54) is 18.7 Å². The lowest BCUT2D eigenvalue weighted by molar-refractivity contribution is 0.178. The van der Waals surface area contributed by atoms with E-state index in [-0.39, 0.29) is 12.0 Å². The van der Waals surface area contributed by atoms with Gasteiger partial charge in [0.15, 0.2) is 5.82 Å².